The summed E-state index contributed by atoms with van der Waals surface area (Å²) in [7, 11) is 0. The van der Waals surface area contributed by atoms with E-state index in [1.165, 1.54) is 5.56 Å². The Morgan fingerprint density at radius 3 is 2.41 bits per heavy atom. The van der Waals surface area contributed by atoms with E-state index in [0.29, 0.717) is 12.6 Å². The molecule has 0 radical (unpaired) electrons. The first kappa shape index (κ1) is 17.0. The van der Waals surface area contributed by atoms with Gasteiger partial charge in [0, 0.05) is 6.04 Å². The summed E-state index contributed by atoms with van der Waals surface area (Å²) in [5.41, 5.74) is 2.24. The molecule has 1 aromatic rings. The smallest absolute Gasteiger partial charge is 0.308 e. The molecule has 0 unspecified atom stereocenters. The van der Waals surface area contributed by atoms with E-state index in [0.717, 1.165) is 44.2 Å². The van der Waals surface area contributed by atoms with Crippen LogP contribution < -0.4 is 5.32 Å². The van der Waals surface area contributed by atoms with Gasteiger partial charge in [-0.2, -0.15) is 0 Å². The Morgan fingerprint density at radius 1 is 1.18 bits per heavy atom. The van der Waals surface area contributed by atoms with Crippen LogP contribution in [0.4, 0.5) is 0 Å². The number of hydrogen-bond donors (Lipinski definition) is 2. The zero-order valence-electron chi connectivity index (χ0n) is 13.4. The van der Waals surface area contributed by atoms with Crippen molar-refractivity contribution in [1.82, 2.24) is 5.32 Å². The summed E-state index contributed by atoms with van der Waals surface area (Å²) >= 11 is 0. The third-order valence-electron chi connectivity index (χ3n) is 4.40. The monoisotopic (exact) mass is 305 g/mol. The summed E-state index contributed by atoms with van der Waals surface area (Å²) < 4.78 is 5.10. The molecule has 1 aromatic carbocycles. The first-order valence-corrected chi connectivity index (χ1v) is 8.31. The van der Waals surface area contributed by atoms with Gasteiger partial charge in [0.25, 0.3) is 0 Å². The maximum atomic E-state index is 11.7. The van der Waals surface area contributed by atoms with Gasteiger partial charge in [0.05, 0.1) is 19.1 Å². The van der Waals surface area contributed by atoms with Gasteiger partial charge in [-0.3, -0.25) is 4.79 Å². The Kier molecular flexibility index (Phi) is 6.87. The Bertz CT molecular complexity index is 450. The third kappa shape index (κ3) is 5.11. The maximum absolute atomic E-state index is 11.7. The Morgan fingerprint density at radius 2 is 1.82 bits per heavy atom. The van der Waals surface area contributed by atoms with Crippen LogP contribution in [0.1, 0.15) is 43.7 Å². The van der Waals surface area contributed by atoms with Crippen molar-refractivity contribution in [2.75, 3.05) is 13.2 Å². The van der Waals surface area contributed by atoms with Gasteiger partial charge in [-0.25, -0.2) is 0 Å². The Labute approximate surface area is 132 Å². The summed E-state index contributed by atoms with van der Waals surface area (Å²) in [5.74, 6) is 0.0777. The van der Waals surface area contributed by atoms with Gasteiger partial charge in [-0.05, 0) is 56.7 Å². The summed E-state index contributed by atoms with van der Waals surface area (Å²) in [6, 6.07) is 8.61. The van der Waals surface area contributed by atoms with Crippen molar-refractivity contribution in [3.05, 3.63) is 35.4 Å². The van der Waals surface area contributed by atoms with Gasteiger partial charge in [-0.1, -0.05) is 24.3 Å². The lowest BCUT2D eigenvalue weighted by atomic mass is 9.86. The van der Waals surface area contributed by atoms with E-state index < -0.39 is 0 Å². The standard InChI is InChI=1S/C18H27NO3/c1-2-22-18(21)16-7-9-17(10-8-16)19-12-11-14-3-5-15(13-20)6-4-14/h3-6,16-17,19-20H,2,7-13H2,1H3. The number of aliphatic hydroxyl groups excluding tert-OH is 1. The highest BCUT2D eigenvalue weighted by molar-refractivity contribution is 5.72. The van der Waals surface area contributed by atoms with Crippen molar-refractivity contribution < 1.29 is 14.6 Å². The zero-order chi connectivity index (χ0) is 15.8. The van der Waals surface area contributed by atoms with Crippen LogP contribution in [0, 0.1) is 5.92 Å². The molecule has 22 heavy (non-hydrogen) atoms. The van der Waals surface area contributed by atoms with Crippen LogP contribution in [0.2, 0.25) is 0 Å². The number of esters is 1. The van der Waals surface area contributed by atoms with Crippen molar-refractivity contribution in [2.45, 2.75) is 51.7 Å². The van der Waals surface area contributed by atoms with Crippen LogP contribution >= 0.6 is 0 Å². The normalized spacial score (nSPS) is 21.5. The molecule has 0 aromatic heterocycles. The predicted molar refractivity (Wildman–Crippen MR) is 86.5 cm³/mol. The van der Waals surface area contributed by atoms with E-state index in [1.807, 2.05) is 19.1 Å². The fraction of sp³-hybridized carbons (Fsp3) is 0.611. The molecule has 0 bridgehead atoms. The minimum absolute atomic E-state index is 0.0232. The largest absolute Gasteiger partial charge is 0.466 e. The molecule has 122 valence electrons. The highest BCUT2D eigenvalue weighted by Gasteiger charge is 2.26. The van der Waals surface area contributed by atoms with Crippen molar-refractivity contribution in [3.63, 3.8) is 0 Å². The van der Waals surface area contributed by atoms with E-state index in [9.17, 15) is 4.79 Å². The summed E-state index contributed by atoms with van der Waals surface area (Å²) in [4.78, 5) is 11.7. The molecular formula is C18H27NO3. The van der Waals surface area contributed by atoms with Crippen LogP contribution in [0.3, 0.4) is 0 Å². The third-order valence-corrected chi connectivity index (χ3v) is 4.40. The Balaban J connectivity index is 1.65. The second-order valence-electron chi connectivity index (χ2n) is 5.98. The van der Waals surface area contributed by atoms with E-state index in [1.54, 1.807) is 0 Å². The molecular weight excluding hydrogens is 278 g/mol. The molecule has 1 saturated carbocycles. The van der Waals surface area contributed by atoms with Gasteiger partial charge < -0.3 is 15.2 Å². The average molecular weight is 305 g/mol. The van der Waals surface area contributed by atoms with Crippen LogP contribution in [0.25, 0.3) is 0 Å². The number of nitrogens with one attached hydrogen (secondary N) is 1. The molecule has 0 aliphatic heterocycles. The number of benzene rings is 1. The molecule has 0 atom stereocenters. The molecule has 4 nitrogen and oxygen atoms in total. The van der Waals surface area contributed by atoms with Crippen molar-refractivity contribution in [2.24, 2.45) is 5.92 Å². The lowest BCUT2D eigenvalue weighted by Gasteiger charge is -2.28. The van der Waals surface area contributed by atoms with Crippen LogP contribution in [0.5, 0.6) is 0 Å². The molecule has 1 aliphatic carbocycles. The fourth-order valence-electron chi connectivity index (χ4n) is 3.03. The lowest BCUT2D eigenvalue weighted by molar-refractivity contribution is -0.149. The average Bonchev–Trinajstić information content (AvgIpc) is 2.56. The first-order chi connectivity index (χ1) is 10.7. The molecule has 0 amide bonds. The van der Waals surface area contributed by atoms with Crippen molar-refractivity contribution >= 4 is 5.97 Å². The highest BCUT2D eigenvalue weighted by Crippen LogP contribution is 2.25. The van der Waals surface area contributed by atoms with Crippen molar-refractivity contribution in [3.8, 4) is 0 Å². The van der Waals surface area contributed by atoms with E-state index in [4.69, 9.17) is 9.84 Å². The summed E-state index contributed by atoms with van der Waals surface area (Å²) in [6.07, 6.45) is 4.95. The highest BCUT2D eigenvalue weighted by atomic mass is 16.5. The molecule has 1 fully saturated rings. The number of carbonyl (C=O) groups excluding carboxylic acids is 1. The summed E-state index contributed by atoms with van der Waals surface area (Å²) in [6.45, 7) is 3.39. The quantitative estimate of drug-likeness (QED) is 0.760. The fourth-order valence-corrected chi connectivity index (χ4v) is 3.03. The van der Waals surface area contributed by atoms with E-state index >= 15 is 0 Å². The van der Waals surface area contributed by atoms with Crippen LogP contribution in [0.15, 0.2) is 24.3 Å². The SMILES string of the molecule is CCOC(=O)C1CCC(NCCc2ccc(CO)cc2)CC1. The molecule has 0 saturated heterocycles. The second-order valence-corrected chi connectivity index (χ2v) is 5.98. The van der Waals surface area contributed by atoms with E-state index in [-0.39, 0.29) is 18.5 Å². The van der Waals surface area contributed by atoms with Crippen molar-refractivity contribution in [1.29, 1.82) is 0 Å². The second kappa shape index (κ2) is 8.91. The van der Waals surface area contributed by atoms with E-state index in [2.05, 4.69) is 17.4 Å². The van der Waals surface area contributed by atoms with Gasteiger partial charge in [0.1, 0.15) is 0 Å². The number of rotatable bonds is 7. The number of carbonyl (C=O) groups is 1. The first-order valence-electron chi connectivity index (χ1n) is 8.31. The molecule has 2 rings (SSSR count). The zero-order valence-corrected chi connectivity index (χ0v) is 13.4. The van der Waals surface area contributed by atoms with Gasteiger partial charge in [0.2, 0.25) is 0 Å². The predicted octanol–water partition coefficient (Wildman–Crippen LogP) is 2.43. The van der Waals surface area contributed by atoms with Crippen LogP contribution in [-0.2, 0) is 22.6 Å². The minimum atomic E-state index is -0.0232. The topological polar surface area (TPSA) is 58.6 Å². The molecule has 1 aliphatic rings. The lowest BCUT2D eigenvalue weighted by Crippen LogP contribution is -2.36. The number of ether oxygens (including phenoxy) is 1. The van der Waals surface area contributed by atoms with Gasteiger partial charge in [-0.15, -0.1) is 0 Å². The van der Waals surface area contributed by atoms with Gasteiger partial charge >= 0.3 is 5.97 Å². The Hall–Kier alpha value is -1.39. The number of aliphatic hydroxyl groups is 1. The van der Waals surface area contributed by atoms with Crippen LogP contribution in [-0.4, -0.2) is 30.3 Å². The van der Waals surface area contributed by atoms with Gasteiger partial charge in [0.15, 0.2) is 0 Å². The number of hydrogen-bond acceptors (Lipinski definition) is 4. The maximum Gasteiger partial charge on any atom is 0.308 e. The molecule has 4 heteroatoms. The molecule has 0 spiro atoms. The molecule has 0 heterocycles. The summed E-state index contributed by atoms with van der Waals surface area (Å²) in [5, 5.41) is 12.6. The minimum Gasteiger partial charge on any atom is -0.466 e. The molecule has 2 N–H and O–H groups in total.